The lowest BCUT2D eigenvalue weighted by molar-refractivity contribution is 0.756. The predicted octanol–water partition coefficient (Wildman–Crippen LogP) is 14.3. The van der Waals surface area contributed by atoms with E-state index in [4.69, 9.17) is 15.0 Å². The quantitative estimate of drug-likeness (QED) is 0.166. The summed E-state index contributed by atoms with van der Waals surface area (Å²) in [5.41, 5.74) is 13.5. The van der Waals surface area contributed by atoms with E-state index in [1.54, 1.807) is 0 Å². The van der Waals surface area contributed by atoms with Crippen LogP contribution in [0.4, 0.5) is 0 Å². The van der Waals surface area contributed by atoms with Crippen molar-refractivity contribution in [3.05, 3.63) is 235 Å². The number of aromatic nitrogens is 1. The molecule has 1 N–H and O–H groups in total. The number of aliphatic imine (C=N–C) groups is 2. The number of nitrogens with one attached hydrogen (secondary N) is 1. The van der Waals surface area contributed by atoms with Gasteiger partial charge < -0.3 is 5.32 Å². The third-order valence-corrected chi connectivity index (χ3v) is 12.6. The number of fused-ring (bicyclic) bond motifs is 3. The molecule has 0 fully saturated rings. The van der Waals surface area contributed by atoms with Gasteiger partial charge in [-0.3, -0.25) is 0 Å². The minimum atomic E-state index is -0.514. The summed E-state index contributed by atoms with van der Waals surface area (Å²) in [5.74, 6) is 1.59. The third-order valence-electron chi connectivity index (χ3n) is 11.3. The normalized spacial score (nSPS) is 13.7. The summed E-state index contributed by atoms with van der Waals surface area (Å²) in [5, 5.41) is 6.17. The zero-order valence-corrected chi connectivity index (χ0v) is 33.9. The van der Waals surface area contributed by atoms with Crippen LogP contribution in [0, 0.1) is 0 Å². The van der Waals surface area contributed by atoms with Gasteiger partial charge >= 0.3 is 0 Å². The van der Waals surface area contributed by atoms with E-state index in [2.05, 4.69) is 218 Å². The molecule has 1 aliphatic heterocycles. The van der Waals surface area contributed by atoms with Crippen molar-refractivity contribution in [3.8, 4) is 55.9 Å². The number of rotatable bonds is 8. The first-order chi connectivity index (χ1) is 30.3. The fourth-order valence-corrected chi connectivity index (χ4v) is 9.74. The molecule has 288 valence electrons. The first kappa shape index (κ1) is 36.4. The van der Waals surface area contributed by atoms with Gasteiger partial charge in [-0.25, -0.2) is 15.0 Å². The Morgan fingerprint density at radius 3 is 1.46 bits per heavy atom. The summed E-state index contributed by atoms with van der Waals surface area (Å²) in [6.07, 6.45) is -0.514. The summed E-state index contributed by atoms with van der Waals surface area (Å²) in [4.78, 5) is 16.5. The highest BCUT2D eigenvalue weighted by Gasteiger charge is 2.27. The van der Waals surface area contributed by atoms with Gasteiger partial charge in [0.05, 0.1) is 11.4 Å². The Morgan fingerprint density at radius 2 is 0.852 bits per heavy atom. The van der Waals surface area contributed by atoms with Crippen LogP contribution in [0.5, 0.6) is 0 Å². The van der Waals surface area contributed by atoms with E-state index in [1.165, 1.54) is 20.2 Å². The molecule has 4 nitrogen and oxygen atoms in total. The Bertz CT molecular complexity index is 3150. The molecule has 5 heteroatoms. The monoisotopic (exact) mass is 798 g/mol. The van der Waals surface area contributed by atoms with Crippen molar-refractivity contribution in [2.75, 3.05) is 0 Å². The predicted molar refractivity (Wildman–Crippen MR) is 256 cm³/mol. The number of thiophene rings is 1. The lowest BCUT2D eigenvalue weighted by atomic mass is 9.83. The van der Waals surface area contributed by atoms with Gasteiger partial charge in [0.15, 0.2) is 6.17 Å². The van der Waals surface area contributed by atoms with Gasteiger partial charge in [0.2, 0.25) is 0 Å². The number of benzene rings is 8. The molecule has 0 saturated carbocycles. The second-order valence-electron chi connectivity index (χ2n) is 15.1. The number of pyridine rings is 1. The van der Waals surface area contributed by atoms with Gasteiger partial charge in [-0.05, 0) is 40.5 Å². The fraction of sp³-hybridized carbons (Fsp3) is 0.0179. The van der Waals surface area contributed by atoms with E-state index < -0.39 is 6.17 Å². The second-order valence-corrected chi connectivity index (χ2v) is 16.2. The van der Waals surface area contributed by atoms with Crippen LogP contribution in [-0.2, 0) is 0 Å². The average Bonchev–Trinajstić information content (AvgIpc) is 3.74. The van der Waals surface area contributed by atoms with Crippen molar-refractivity contribution in [2.24, 2.45) is 9.98 Å². The molecule has 61 heavy (non-hydrogen) atoms. The molecule has 0 amide bonds. The van der Waals surface area contributed by atoms with Crippen LogP contribution in [-0.4, -0.2) is 16.7 Å². The molecule has 0 saturated heterocycles. The van der Waals surface area contributed by atoms with E-state index in [0.717, 1.165) is 84.3 Å². The van der Waals surface area contributed by atoms with Gasteiger partial charge in [0.1, 0.15) is 11.7 Å². The molecule has 3 heterocycles. The zero-order chi connectivity index (χ0) is 40.5. The van der Waals surface area contributed by atoms with E-state index in [9.17, 15) is 0 Å². The van der Waals surface area contributed by atoms with Gasteiger partial charge in [0.25, 0.3) is 0 Å². The second kappa shape index (κ2) is 15.8. The van der Waals surface area contributed by atoms with Crippen molar-refractivity contribution >= 4 is 43.2 Å². The molecule has 1 aliphatic rings. The summed E-state index contributed by atoms with van der Waals surface area (Å²) in [7, 11) is 0. The van der Waals surface area contributed by atoms with Crippen molar-refractivity contribution in [2.45, 2.75) is 6.17 Å². The number of hydrogen-bond acceptors (Lipinski definition) is 5. The highest BCUT2D eigenvalue weighted by molar-refractivity contribution is 7.26. The molecule has 0 radical (unpaired) electrons. The molecule has 10 aromatic rings. The molecular formula is C56H38N4S. The lowest BCUT2D eigenvalue weighted by Crippen LogP contribution is -2.36. The number of nitrogens with zero attached hydrogens (tertiary/aromatic N) is 3. The Hall–Kier alpha value is -7.73. The van der Waals surface area contributed by atoms with Gasteiger partial charge in [-0.2, -0.15) is 0 Å². The Balaban J connectivity index is 1.18. The summed E-state index contributed by atoms with van der Waals surface area (Å²) in [6, 6.07) is 76.9. The van der Waals surface area contributed by atoms with Crippen molar-refractivity contribution in [1.29, 1.82) is 0 Å². The molecule has 2 aromatic heterocycles. The highest BCUT2D eigenvalue weighted by atomic mass is 32.1. The van der Waals surface area contributed by atoms with E-state index >= 15 is 0 Å². The van der Waals surface area contributed by atoms with E-state index in [0.29, 0.717) is 0 Å². The lowest BCUT2D eigenvalue weighted by Gasteiger charge is -2.25. The summed E-state index contributed by atoms with van der Waals surface area (Å²) < 4.78 is 2.46. The third kappa shape index (κ3) is 6.81. The topological polar surface area (TPSA) is 49.6 Å². The van der Waals surface area contributed by atoms with Crippen LogP contribution in [0.25, 0.3) is 76.1 Å². The smallest absolute Gasteiger partial charge is 0.169 e. The minimum absolute atomic E-state index is 0.514. The summed E-state index contributed by atoms with van der Waals surface area (Å²) in [6.45, 7) is 0. The molecular weight excluding hydrogens is 761 g/mol. The number of hydrogen-bond donors (Lipinski definition) is 1. The van der Waals surface area contributed by atoms with Crippen LogP contribution < -0.4 is 5.32 Å². The molecule has 1 atom stereocenters. The van der Waals surface area contributed by atoms with Crippen LogP contribution in [0.1, 0.15) is 22.9 Å². The van der Waals surface area contributed by atoms with Crippen LogP contribution >= 0.6 is 11.3 Å². The van der Waals surface area contributed by atoms with Crippen molar-refractivity contribution in [3.63, 3.8) is 0 Å². The van der Waals surface area contributed by atoms with Gasteiger partial charge in [-0.15, -0.1) is 11.3 Å². The molecule has 8 aromatic carbocycles. The van der Waals surface area contributed by atoms with E-state index in [1.807, 2.05) is 17.4 Å². The standard InChI is InChI=1S/C56H38N4S/c1-6-20-37(21-7-1)49-48(50(38-22-8-2-9-23-38)52(40-26-12-4-13-27-40)57-51(49)39-24-10-3-11-25-39)42-30-18-31-43(36-42)55-58-54(41-28-14-5-15-29-41)59-56(60-55)46-34-19-33-45-44-32-16-17-35-47(44)61-53(45)46/h1-36,55H,(H,58,59,60). The van der Waals surface area contributed by atoms with Crippen molar-refractivity contribution < 1.29 is 0 Å². The van der Waals surface area contributed by atoms with Crippen LogP contribution in [0.2, 0.25) is 0 Å². The van der Waals surface area contributed by atoms with Gasteiger partial charge in [-0.1, -0.05) is 200 Å². The van der Waals surface area contributed by atoms with E-state index in [-0.39, 0.29) is 0 Å². The molecule has 0 aliphatic carbocycles. The minimum Gasteiger partial charge on any atom is -0.324 e. The maximum absolute atomic E-state index is 5.64. The molecule has 1 unspecified atom stereocenters. The fourth-order valence-electron chi connectivity index (χ4n) is 8.52. The largest absolute Gasteiger partial charge is 0.324 e. The molecule has 0 bridgehead atoms. The maximum atomic E-state index is 5.64. The van der Waals surface area contributed by atoms with Gasteiger partial charge in [0, 0.05) is 59.1 Å². The highest BCUT2D eigenvalue weighted by Crippen LogP contribution is 2.49. The SMILES string of the molecule is c1ccc(C2=NC(c3cccc(-c4c(-c5ccccc5)c(-c5ccccc5)nc(-c5ccccc5)c4-c4ccccc4)c3)N=C(c3cccc4c3sc3ccccc34)N2)cc1. The van der Waals surface area contributed by atoms with Crippen molar-refractivity contribution in [1.82, 2.24) is 10.3 Å². The average molecular weight is 799 g/mol. The molecule has 11 rings (SSSR count). The summed E-state index contributed by atoms with van der Waals surface area (Å²) >= 11 is 1.81. The Labute approximate surface area is 358 Å². The number of amidine groups is 2. The van der Waals surface area contributed by atoms with Crippen LogP contribution in [0.3, 0.4) is 0 Å². The zero-order valence-electron chi connectivity index (χ0n) is 33.1. The maximum Gasteiger partial charge on any atom is 0.169 e. The first-order valence-corrected chi connectivity index (χ1v) is 21.4. The molecule has 0 spiro atoms. The Morgan fingerprint density at radius 1 is 0.377 bits per heavy atom. The first-order valence-electron chi connectivity index (χ1n) is 20.6. The van der Waals surface area contributed by atoms with Crippen LogP contribution in [0.15, 0.2) is 228 Å². The Kier molecular flexibility index (Phi) is 9.41.